The molecule has 1 aromatic rings. The average molecular weight is 313 g/mol. The van der Waals surface area contributed by atoms with Crippen LogP contribution in [0.4, 0.5) is 0 Å². The summed E-state index contributed by atoms with van der Waals surface area (Å²) in [5, 5.41) is 4.60. The van der Waals surface area contributed by atoms with Gasteiger partial charge in [0.15, 0.2) is 0 Å². The van der Waals surface area contributed by atoms with Crippen molar-refractivity contribution in [1.29, 1.82) is 0 Å². The Morgan fingerprint density at radius 1 is 1.35 bits per heavy atom. The molecule has 3 rings (SSSR count). The van der Waals surface area contributed by atoms with Gasteiger partial charge in [0.2, 0.25) is 0 Å². The Labute approximate surface area is 139 Å². The Balaban J connectivity index is 1.77. The lowest BCUT2D eigenvalue weighted by atomic mass is 9.66. The maximum Gasteiger partial charge on any atom is 0.271 e. The van der Waals surface area contributed by atoms with Gasteiger partial charge in [0.25, 0.3) is 5.91 Å². The summed E-state index contributed by atoms with van der Waals surface area (Å²) in [7, 11) is 0. The Kier molecular flexibility index (Phi) is 4.53. The first-order valence-electron chi connectivity index (χ1n) is 8.67. The number of hydrogen-bond acceptors (Lipinski definition) is 3. The highest BCUT2D eigenvalue weighted by Crippen LogP contribution is 2.42. The van der Waals surface area contributed by atoms with Crippen molar-refractivity contribution in [1.82, 2.24) is 10.3 Å². The molecule has 2 fully saturated rings. The SMILES string of the molecule is CC(C)N1CC2CCCC(C)(C1)C2=NNC(=O)c1ccccc1. The normalized spacial score (nSPS) is 29.7. The quantitative estimate of drug-likeness (QED) is 0.870. The number of nitrogens with one attached hydrogen (secondary N) is 1. The number of fused-ring (bicyclic) bond motifs is 2. The lowest BCUT2D eigenvalue weighted by Gasteiger charge is -2.50. The van der Waals surface area contributed by atoms with Crippen LogP contribution in [-0.2, 0) is 0 Å². The minimum absolute atomic E-state index is 0.0927. The summed E-state index contributed by atoms with van der Waals surface area (Å²) in [6, 6.07) is 9.86. The minimum Gasteiger partial charge on any atom is -0.299 e. The van der Waals surface area contributed by atoms with Gasteiger partial charge in [0, 0.05) is 41.7 Å². The first kappa shape index (κ1) is 16.2. The van der Waals surface area contributed by atoms with Crippen molar-refractivity contribution in [2.24, 2.45) is 16.4 Å². The Morgan fingerprint density at radius 3 is 2.74 bits per heavy atom. The van der Waals surface area contributed by atoms with E-state index in [1.165, 1.54) is 18.6 Å². The molecule has 1 aliphatic heterocycles. The second kappa shape index (κ2) is 6.44. The highest BCUT2D eigenvalue weighted by atomic mass is 16.2. The molecule has 2 bridgehead atoms. The Hall–Kier alpha value is -1.68. The molecule has 4 nitrogen and oxygen atoms in total. The van der Waals surface area contributed by atoms with Crippen molar-refractivity contribution in [3.8, 4) is 0 Å². The average Bonchev–Trinajstić information content (AvgIpc) is 2.52. The van der Waals surface area contributed by atoms with Gasteiger partial charge in [-0.2, -0.15) is 5.10 Å². The number of nitrogens with zero attached hydrogens (tertiary/aromatic N) is 2. The molecule has 2 unspecified atom stereocenters. The number of carbonyl (C=O) groups excluding carboxylic acids is 1. The predicted octanol–water partition coefficient (Wildman–Crippen LogP) is 3.30. The first-order chi connectivity index (χ1) is 11.0. The molecule has 1 amide bonds. The van der Waals surface area contributed by atoms with E-state index in [9.17, 15) is 4.79 Å². The monoisotopic (exact) mass is 313 g/mol. The van der Waals surface area contributed by atoms with Crippen molar-refractivity contribution < 1.29 is 4.79 Å². The number of rotatable bonds is 3. The van der Waals surface area contributed by atoms with Crippen LogP contribution in [0, 0.1) is 11.3 Å². The van der Waals surface area contributed by atoms with E-state index in [0.29, 0.717) is 17.5 Å². The lowest BCUT2D eigenvalue weighted by Crippen LogP contribution is -2.57. The van der Waals surface area contributed by atoms with Gasteiger partial charge in [0.1, 0.15) is 0 Å². The van der Waals surface area contributed by atoms with Crippen LogP contribution >= 0.6 is 0 Å². The van der Waals surface area contributed by atoms with Crippen molar-refractivity contribution in [3.05, 3.63) is 35.9 Å². The van der Waals surface area contributed by atoms with Crippen molar-refractivity contribution in [3.63, 3.8) is 0 Å². The van der Waals surface area contributed by atoms with Gasteiger partial charge in [-0.15, -0.1) is 0 Å². The van der Waals surface area contributed by atoms with Crippen LogP contribution in [0.2, 0.25) is 0 Å². The van der Waals surface area contributed by atoms with E-state index < -0.39 is 0 Å². The van der Waals surface area contributed by atoms with Gasteiger partial charge in [-0.05, 0) is 38.8 Å². The standard InChI is InChI=1S/C19H27N3O/c1-14(2)22-12-16-10-7-11-19(3,13-22)17(16)20-21-18(23)15-8-5-4-6-9-15/h4-6,8-9,14,16H,7,10-13H2,1-3H3,(H,21,23). The van der Waals surface area contributed by atoms with E-state index in [0.717, 1.165) is 19.5 Å². The number of hydrazone groups is 1. The molecule has 1 saturated heterocycles. The molecule has 2 atom stereocenters. The lowest BCUT2D eigenvalue weighted by molar-refractivity contribution is 0.0923. The van der Waals surface area contributed by atoms with Gasteiger partial charge in [-0.1, -0.05) is 31.5 Å². The Morgan fingerprint density at radius 2 is 2.09 bits per heavy atom. The molecule has 124 valence electrons. The molecular weight excluding hydrogens is 286 g/mol. The fourth-order valence-electron chi connectivity index (χ4n) is 4.01. The van der Waals surface area contributed by atoms with Crippen molar-refractivity contribution in [2.75, 3.05) is 13.1 Å². The molecule has 23 heavy (non-hydrogen) atoms. The van der Waals surface area contributed by atoms with E-state index >= 15 is 0 Å². The smallest absolute Gasteiger partial charge is 0.271 e. The highest BCUT2D eigenvalue weighted by Gasteiger charge is 2.45. The summed E-state index contributed by atoms with van der Waals surface area (Å²) in [6.07, 6.45) is 3.60. The maximum absolute atomic E-state index is 12.3. The summed E-state index contributed by atoms with van der Waals surface area (Å²) >= 11 is 0. The number of benzene rings is 1. The third-order valence-corrected chi connectivity index (χ3v) is 5.34. The first-order valence-corrected chi connectivity index (χ1v) is 8.67. The molecule has 0 spiro atoms. The molecule has 0 radical (unpaired) electrons. The van der Waals surface area contributed by atoms with E-state index in [-0.39, 0.29) is 11.3 Å². The summed E-state index contributed by atoms with van der Waals surface area (Å²) in [4.78, 5) is 14.8. The molecule has 1 aliphatic carbocycles. The third kappa shape index (κ3) is 3.32. The largest absolute Gasteiger partial charge is 0.299 e. The summed E-state index contributed by atoms with van der Waals surface area (Å²) in [6.45, 7) is 8.94. The zero-order valence-corrected chi connectivity index (χ0v) is 14.4. The summed E-state index contributed by atoms with van der Waals surface area (Å²) in [5.41, 5.74) is 4.75. The van der Waals surface area contributed by atoms with E-state index in [2.05, 4.69) is 36.2 Å². The molecule has 1 N–H and O–H groups in total. The van der Waals surface area contributed by atoms with Crippen molar-refractivity contribution in [2.45, 2.75) is 46.1 Å². The number of piperidine rings is 1. The van der Waals surface area contributed by atoms with Gasteiger partial charge < -0.3 is 0 Å². The van der Waals surface area contributed by atoms with E-state index in [1.807, 2.05) is 30.3 Å². The second-order valence-corrected chi connectivity index (χ2v) is 7.48. The van der Waals surface area contributed by atoms with Crippen LogP contribution in [-0.4, -0.2) is 35.7 Å². The van der Waals surface area contributed by atoms with E-state index in [4.69, 9.17) is 0 Å². The van der Waals surface area contributed by atoms with Crippen LogP contribution in [0.5, 0.6) is 0 Å². The second-order valence-electron chi connectivity index (χ2n) is 7.48. The van der Waals surface area contributed by atoms with Gasteiger partial charge in [-0.3, -0.25) is 9.69 Å². The number of carbonyl (C=O) groups is 1. The van der Waals surface area contributed by atoms with E-state index in [1.54, 1.807) is 0 Å². The number of hydrogen-bond donors (Lipinski definition) is 1. The molecule has 4 heteroatoms. The number of amides is 1. The maximum atomic E-state index is 12.3. The molecule has 1 heterocycles. The summed E-state index contributed by atoms with van der Waals surface area (Å²) < 4.78 is 0. The zero-order chi connectivity index (χ0) is 16.4. The fourth-order valence-corrected chi connectivity index (χ4v) is 4.01. The van der Waals surface area contributed by atoms with Gasteiger partial charge in [-0.25, -0.2) is 5.43 Å². The molecule has 0 aromatic heterocycles. The van der Waals surface area contributed by atoms with Crippen LogP contribution in [0.15, 0.2) is 35.4 Å². The zero-order valence-electron chi connectivity index (χ0n) is 14.4. The van der Waals surface area contributed by atoms with Crippen LogP contribution in [0.1, 0.15) is 50.4 Å². The number of likely N-dealkylation sites (tertiary alicyclic amines) is 1. The highest BCUT2D eigenvalue weighted by molar-refractivity contribution is 5.97. The molecule has 2 aliphatic rings. The Bertz CT molecular complexity index is 596. The topological polar surface area (TPSA) is 44.7 Å². The molecule has 1 saturated carbocycles. The van der Waals surface area contributed by atoms with Crippen LogP contribution in [0.25, 0.3) is 0 Å². The molecule has 1 aromatic carbocycles. The van der Waals surface area contributed by atoms with Gasteiger partial charge in [0.05, 0.1) is 0 Å². The fraction of sp³-hybridized carbons (Fsp3) is 0.579. The van der Waals surface area contributed by atoms with Gasteiger partial charge >= 0.3 is 0 Å². The van der Waals surface area contributed by atoms with Crippen LogP contribution < -0.4 is 5.43 Å². The summed E-state index contributed by atoms with van der Waals surface area (Å²) in [5.74, 6) is 0.354. The van der Waals surface area contributed by atoms with Crippen molar-refractivity contribution >= 4 is 11.6 Å². The minimum atomic E-state index is -0.119. The molecular formula is C19H27N3O. The predicted molar refractivity (Wildman–Crippen MR) is 93.5 cm³/mol. The van der Waals surface area contributed by atoms with Crippen LogP contribution in [0.3, 0.4) is 0 Å². The third-order valence-electron chi connectivity index (χ3n) is 5.34.